The number of ether oxygens (including phenoxy) is 3. The predicted molar refractivity (Wildman–Crippen MR) is 143 cm³/mol. The molecule has 0 aromatic heterocycles. The van der Waals surface area contributed by atoms with Crippen molar-refractivity contribution in [2.45, 2.75) is 33.6 Å². The van der Waals surface area contributed by atoms with Gasteiger partial charge in [-0.2, -0.15) is 0 Å². The van der Waals surface area contributed by atoms with Crippen LogP contribution in [0.3, 0.4) is 0 Å². The average molecular weight is 530 g/mol. The number of anilines is 1. The maximum atomic E-state index is 13.3. The molecule has 0 atom stereocenters. The number of nitrogens with zero attached hydrogens (tertiary/aromatic N) is 1. The van der Waals surface area contributed by atoms with E-state index in [1.54, 1.807) is 44.4 Å². The molecule has 0 fully saturated rings. The maximum absolute atomic E-state index is 13.3. The SMILES string of the molecule is CCOC(=O)CN(C(=O)c1ccc(C)cc1)c1cc(Cl)c(Oc2ccc(OC)c(C(C)C)c2)c(Cl)c1. The van der Waals surface area contributed by atoms with E-state index in [0.29, 0.717) is 17.0 Å². The Bertz CT molecular complexity index is 1220. The molecule has 3 rings (SSSR count). The minimum atomic E-state index is -0.551. The molecule has 3 aromatic carbocycles. The standard InChI is InChI=1S/C28H29Cl2NO5/c1-6-35-26(32)16-31(28(33)19-9-7-18(4)8-10-19)20-13-23(29)27(24(30)14-20)36-21-11-12-25(34-5)22(15-21)17(2)3/h7-15,17H,6,16H2,1-5H3. The third kappa shape index (κ3) is 6.50. The van der Waals surface area contributed by atoms with E-state index >= 15 is 0 Å². The van der Waals surface area contributed by atoms with E-state index in [0.717, 1.165) is 16.9 Å². The molecule has 0 aliphatic rings. The molecule has 0 aliphatic heterocycles. The molecule has 0 aliphatic carbocycles. The predicted octanol–water partition coefficient (Wildman–Crippen LogP) is 7.44. The molecule has 8 heteroatoms. The normalized spacial score (nSPS) is 10.8. The monoisotopic (exact) mass is 529 g/mol. The highest BCUT2D eigenvalue weighted by atomic mass is 35.5. The summed E-state index contributed by atoms with van der Waals surface area (Å²) >= 11 is 13.1. The lowest BCUT2D eigenvalue weighted by Gasteiger charge is -2.23. The Morgan fingerprint density at radius 3 is 2.17 bits per heavy atom. The van der Waals surface area contributed by atoms with Gasteiger partial charge in [0.1, 0.15) is 18.0 Å². The number of carbonyl (C=O) groups excluding carboxylic acids is 2. The Balaban J connectivity index is 1.97. The van der Waals surface area contributed by atoms with Crippen LogP contribution < -0.4 is 14.4 Å². The first-order chi connectivity index (χ1) is 17.1. The third-order valence-corrected chi connectivity index (χ3v) is 6.04. The average Bonchev–Trinajstić information content (AvgIpc) is 2.84. The molecule has 3 aromatic rings. The van der Waals surface area contributed by atoms with Crippen molar-refractivity contribution in [2.24, 2.45) is 0 Å². The van der Waals surface area contributed by atoms with Crippen LogP contribution in [0.1, 0.15) is 48.2 Å². The van der Waals surface area contributed by atoms with Crippen molar-refractivity contribution in [1.29, 1.82) is 0 Å². The number of hydrogen-bond acceptors (Lipinski definition) is 5. The third-order valence-electron chi connectivity index (χ3n) is 5.47. The number of hydrogen-bond donors (Lipinski definition) is 0. The van der Waals surface area contributed by atoms with Crippen LogP contribution in [0.2, 0.25) is 10.0 Å². The van der Waals surface area contributed by atoms with E-state index in [1.165, 1.54) is 4.90 Å². The molecular formula is C28H29Cl2NO5. The first-order valence-corrected chi connectivity index (χ1v) is 12.3. The maximum Gasteiger partial charge on any atom is 0.326 e. The Morgan fingerprint density at radius 1 is 0.972 bits per heavy atom. The molecule has 0 bridgehead atoms. The molecule has 0 saturated carbocycles. The van der Waals surface area contributed by atoms with Gasteiger partial charge in [-0.3, -0.25) is 14.5 Å². The summed E-state index contributed by atoms with van der Waals surface area (Å²) in [7, 11) is 1.62. The van der Waals surface area contributed by atoms with Crippen LogP contribution >= 0.6 is 23.2 Å². The highest BCUT2D eigenvalue weighted by Crippen LogP contribution is 2.41. The van der Waals surface area contributed by atoms with Gasteiger partial charge < -0.3 is 14.2 Å². The number of amides is 1. The number of halogens is 2. The lowest BCUT2D eigenvalue weighted by atomic mass is 10.0. The zero-order valence-electron chi connectivity index (χ0n) is 20.9. The smallest absolute Gasteiger partial charge is 0.326 e. The molecular weight excluding hydrogens is 501 g/mol. The number of methoxy groups -OCH3 is 1. The zero-order valence-corrected chi connectivity index (χ0v) is 22.4. The molecule has 6 nitrogen and oxygen atoms in total. The fourth-order valence-electron chi connectivity index (χ4n) is 3.61. The fourth-order valence-corrected chi connectivity index (χ4v) is 4.17. The number of aryl methyl sites for hydroxylation is 1. The van der Waals surface area contributed by atoms with E-state index in [-0.39, 0.29) is 40.8 Å². The summed E-state index contributed by atoms with van der Waals surface area (Å²) in [6.07, 6.45) is 0. The topological polar surface area (TPSA) is 65.1 Å². The van der Waals surface area contributed by atoms with Gasteiger partial charge in [0, 0.05) is 16.8 Å². The zero-order chi connectivity index (χ0) is 26.4. The summed E-state index contributed by atoms with van der Waals surface area (Å²) in [5.74, 6) is 0.803. The van der Waals surface area contributed by atoms with Crippen LogP contribution in [-0.4, -0.2) is 32.1 Å². The van der Waals surface area contributed by atoms with Crippen molar-refractivity contribution in [2.75, 3.05) is 25.2 Å². The first kappa shape index (κ1) is 27.4. The van der Waals surface area contributed by atoms with Crippen LogP contribution in [0.5, 0.6) is 17.2 Å². The summed E-state index contributed by atoms with van der Waals surface area (Å²) in [5, 5.41) is 0.370. The van der Waals surface area contributed by atoms with Crippen molar-refractivity contribution < 1.29 is 23.8 Å². The quantitative estimate of drug-likeness (QED) is 0.269. The van der Waals surface area contributed by atoms with Crippen LogP contribution in [0.4, 0.5) is 5.69 Å². The second-order valence-corrected chi connectivity index (χ2v) is 9.28. The highest BCUT2D eigenvalue weighted by Gasteiger charge is 2.24. The molecule has 0 heterocycles. The fraction of sp³-hybridized carbons (Fsp3) is 0.286. The summed E-state index contributed by atoms with van der Waals surface area (Å²) < 4.78 is 16.5. The van der Waals surface area contributed by atoms with Crippen LogP contribution in [0, 0.1) is 6.92 Å². The summed E-state index contributed by atoms with van der Waals surface area (Å²) in [6, 6.07) is 15.6. The lowest BCUT2D eigenvalue weighted by molar-refractivity contribution is -0.141. The lowest BCUT2D eigenvalue weighted by Crippen LogP contribution is -2.36. The van der Waals surface area contributed by atoms with Crippen LogP contribution in [0.25, 0.3) is 0 Å². The molecule has 0 N–H and O–H groups in total. The number of rotatable bonds is 9. The molecule has 0 saturated heterocycles. The van der Waals surface area contributed by atoms with Crippen molar-refractivity contribution in [1.82, 2.24) is 0 Å². The van der Waals surface area contributed by atoms with E-state index in [4.69, 9.17) is 37.4 Å². The minimum absolute atomic E-state index is 0.185. The van der Waals surface area contributed by atoms with Gasteiger partial charge in [-0.15, -0.1) is 0 Å². The Hall–Kier alpha value is -3.22. The van der Waals surface area contributed by atoms with E-state index < -0.39 is 5.97 Å². The number of benzene rings is 3. The van der Waals surface area contributed by atoms with Crippen LogP contribution in [-0.2, 0) is 9.53 Å². The first-order valence-electron chi connectivity index (χ1n) is 11.5. The van der Waals surface area contributed by atoms with Gasteiger partial charge in [-0.25, -0.2) is 0 Å². The van der Waals surface area contributed by atoms with Crippen molar-refractivity contribution in [3.05, 3.63) is 81.3 Å². The van der Waals surface area contributed by atoms with Gasteiger partial charge in [-0.05, 0) is 62.2 Å². The summed E-state index contributed by atoms with van der Waals surface area (Å²) in [4.78, 5) is 26.9. The Labute approximate surface area is 221 Å². The summed E-state index contributed by atoms with van der Waals surface area (Å²) in [5.41, 5.74) is 2.74. The molecule has 36 heavy (non-hydrogen) atoms. The van der Waals surface area contributed by atoms with E-state index in [2.05, 4.69) is 13.8 Å². The van der Waals surface area contributed by atoms with Gasteiger partial charge in [0.05, 0.1) is 23.8 Å². The molecule has 0 spiro atoms. The second kappa shape index (κ2) is 12.2. The van der Waals surface area contributed by atoms with Crippen molar-refractivity contribution in [3.63, 3.8) is 0 Å². The van der Waals surface area contributed by atoms with E-state index in [1.807, 2.05) is 31.2 Å². The highest BCUT2D eigenvalue weighted by molar-refractivity contribution is 6.37. The molecule has 1 amide bonds. The van der Waals surface area contributed by atoms with Crippen LogP contribution in [0.15, 0.2) is 54.6 Å². The van der Waals surface area contributed by atoms with Gasteiger partial charge in [0.2, 0.25) is 0 Å². The summed E-state index contributed by atoms with van der Waals surface area (Å²) in [6.45, 7) is 7.63. The molecule has 0 radical (unpaired) electrons. The molecule has 190 valence electrons. The minimum Gasteiger partial charge on any atom is -0.496 e. The van der Waals surface area contributed by atoms with Gasteiger partial charge in [-0.1, -0.05) is 54.7 Å². The number of esters is 1. The second-order valence-electron chi connectivity index (χ2n) is 8.46. The largest absolute Gasteiger partial charge is 0.496 e. The van der Waals surface area contributed by atoms with Crippen molar-refractivity contribution >= 4 is 40.8 Å². The van der Waals surface area contributed by atoms with Gasteiger partial charge in [0.25, 0.3) is 5.91 Å². The van der Waals surface area contributed by atoms with Gasteiger partial charge >= 0.3 is 5.97 Å². The number of carbonyl (C=O) groups is 2. The Kier molecular flexibility index (Phi) is 9.24. The van der Waals surface area contributed by atoms with E-state index in [9.17, 15) is 9.59 Å². The van der Waals surface area contributed by atoms with Gasteiger partial charge in [0.15, 0.2) is 5.75 Å². The van der Waals surface area contributed by atoms with Crippen molar-refractivity contribution in [3.8, 4) is 17.2 Å². The molecule has 0 unspecified atom stereocenters. The Morgan fingerprint density at radius 2 is 1.61 bits per heavy atom.